The van der Waals surface area contributed by atoms with Crippen molar-refractivity contribution in [2.24, 2.45) is 5.73 Å². The third-order valence-corrected chi connectivity index (χ3v) is 4.05. The minimum Gasteiger partial charge on any atom is -0.317 e. The highest BCUT2D eigenvalue weighted by molar-refractivity contribution is 8.05. The second-order valence-corrected chi connectivity index (χ2v) is 6.26. The zero-order chi connectivity index (χ0) is 8.43. The van der Waals surface area contributed by atoms with Crippen LogP contribution in [0.5, 0.6) is 0 Å². The molecule has 2 nitrogen and oxygen atoms in total. The monoisotopic (exact) mass is 192 g/mol. The first-order chi connectivity index (χ1) is 5.09. The molecule has 1 aliphatic rings. The molecule has 0 radical (unpaired) electrons. The van der Waals surface area contributed by atoms with Crippen molar-refractivity contribution < 1.29 is 0 Å². The van der Waals surface area contributed by atoms with Gasteiger partial charge in [0.25, 0.3) is 0 Å². The summed E-state index contributed by atoms with van der Waals surface area (Å²) >= 11 is 3.73. The van der Waals surface area contributed by atoms with E-state index in [0.717, 1.165) is 0 Å². The van der Waals surface area contributed by atoms with E-state index in [-0.39, 0.29) is 5.37 Å². The Labute approximate surface area is 77.1 Å². The van der Waals surface area contributed by atoms with E-state index in [2.05, 4.69) is 26.1 Å². The molecule has 0 amide bonds. The number of rotatable bonds is 2. The highest BCUT2D eigenvalue weighted by Gasteiger charge is 2.29. The Bertz CT molecular complexity index is 130. The maximum Gasteiger partial charge on any atom is 0.0792 e. The van der Waals surface area contributed by atoms with Crippen LogP contribution in [0.15, 0.2) is 0 Å². The molecule has 66 valence electrons. The minimum atomic E-state index is 0.261. The zero-order valence-electron chi connectivity index (χ0n) is 7.20. The lowest BCUT2D eigenvalue weighted by Crippen LogP contribution is -2.34. The predicted octanol–water partition coefficient (Wildman–Crippen LogP) is 1.42. The molecule has 3 N–H and O–H groups in total. The van der Waals surface area contributed by atoms with Crippen molar-refractivity contribution in [2.75, 3.05) is 0 Å². The van der Waals surface area contributed by atoms with Gasteiger partial charge in [0.05, 0.1) is 16.1 Å². The molecular formula is C7H16N2S2. The Morgan fingerprint density at radius 1 is 1.55 bits per heavy atom. The molecule has 11 heavy (non-hydrogen) atoms. The van der Waals surface area contributed by atoms with E-state index in [1.165, 1.54) is 0 Å². The van der Waals surface area contributed by atoms with Crippen LogP contribution in [0.4, 0.5) is 0 Å². The van der Waals surface area contributed by atoms with Gasteiger partial charge in [-0.3, -0.25) is 5.32 Å². The smallest absolute Gasteiger partial charge is 0.0792 e. The number of nitrogens with one attached hydrogen (secondary N) is 1. The fourth-order valence-electron chi connectivity index (χ4n) is 1.08. The van der Waals surface area contributed by atoms with E-state index in [1.54, 1.807) is 0 Å². The van der Waals surface area contributed by atoms with E-state index < -0.39 is 0 Å². The first kappa shape index (κ1) is 9.71. The molecule has 0 aromatic carbocycles. The van der Waals surface area contributed by atoms with Crippen LogP contribution in [0.2, 0.25) is 0 Å². The van der Waals surface area contributed by atoms with Gasteiger partial charge >= 0.3 is 0 Å². The van der Waals surface area contributed by atoms with Crippen LogP contribution in [-0.4, -0.2) is 21.4 Å². The van der Waals surface area contributed by atoms with Crippen LogP contribution in [0.25, 0.3) is 0 Å². The molecule has 1 heterocycles. The van der Waals surface area contributed by atoms with E-state index in [1.807, 2.05) is 23.5 Å². The van der Waals surface area contributed by atoms with Crippen molar-refractivity contribution in [3.63, 3.8) is 0 Å². The van der Waals surface area contributed by atoms with Gasteiger partial charge in [-0.1, -0.05) is 13.8 Å². The predicted molar refractivity (Wildman–Crippen MR) is 54.7 cm³/mol. The first-order valence-electron chi connectivity index (χ1n) is 3.92. The number of thioether (sulfide) groups is 2. The van der Waals surface area contributed by atoms with Gasteiger partial charge < -0.3 is 5.73 Å². The molecule has 1 aliphatic heterocycles. The summed E-state index contributed by atoms with van der Waals surface area (Å²) in [5.74, 6) is 0. The SMILES string of the molecule is CC(C)S[C@@H]1N[C@H](C)SC1N. The Morgan fingerprint density at radius 2 is 2.18 bits per heavy atom. The average Bonchev–Trinajstić information content (AvgIpc) is 2.09. The number of hydrogen-bond acceptors (Lipinski definition) is 4. The van der Waals surface area contributed by atoms with Gasteiger partial charge in [-0.25, -0.2) is 0 Å². The van der Waals surface area contributed by atoms with Crippen molar-refractivity contribution in [2.45, 2.75) is 42.1 Å². The van der Waals surface area contributed by atoms with Gasteiger partial charge in [-0.05, 0) is 6.92 Å². The summed E-state index contributed by atoms with van der Waals surface area (Å²) in [6.45, 7) is 6.56. The van der Waals surface area contributed by atoms with E-state index >= 15 is 0 Å². The van der Waals surface area contributed by atoms with Crippen LogP contribution in [0.1, 0.15) is 20.8 Å². The fraction of sp³-hybridized carbons (Fsp3) is 1.00. The molecule has 0 saturated carbocycles. The molecule has 0 bridgehead atoms. The van der Waals surface area contributed by atoms with Crippen molar-refractivity contribution in [1.29, 1.82) is 0 Å². The molecule has 1 rings (SSSR count). The second-order valence-electron chi connectivity index (χ2n) is 3.02. The molecular weight excluding hydrogens is 176 g/mol. The number of nitrogens with two attached hydrogens (primary N) is 1. The second kappa shape index (κ2) is 4.03. The molecule has 1 fully saturated rings. The van der Waals surface area contributed by atoms with Crippen molar-refractivity contribution >= 4 is 23.5 Å². The van der Waals surface area contributed by atoms with E-state index in [0.29, 0.717) is 16.0 Å². The standard InChI is InChI=1S/C7H16N2S2/c1-4(2)10-7-6(8)11-5(3)9-7/h4-7,9H,8H2,1-3H3/t5-,6?,7-/m0/s1. The molecule has 1 saturated heterocycles. The molecule has 3 atom stereocenters. The summed E-state index contributed by atoms with van der Waals surface area (Å²) in [6.07, 6.45) is 0. The van der Waals surface area contributed by atoms with Crippen LogP contribution in [-0.2, 0) is 0 Å². The highest BCUT2D eigenvalue weighted by Crippen LogP contribution is 2.31. The third-order valence-electron chi connectivity index (χ3n) is 1.48. The first-order valence-corrected chi connectivity index (χ1v) is 5.80. The largest absolute Gasteiger partial charge is 0.317 e. The molecule has 4 heteroatoms. The normalized spacial score (nSPS) is 38.5. The van der Waals surface area contributed by atoms with Crippen molar-refractivity contribution in [1.82, 2.24) is 5.32 Å². The third kappa shape index (κ3) is 2.86. The molecule has 0 aromatic rings. The minimum absolute atomic E-state index is 0.261. The molecule has 1 unspecified atom stereocenters. The van der Waals surface area contributed by atoms with Gasteiger partial charge in [0.15, 0.2) is 0 Å². The summed E-state index contributed by atoms with van der Waals surface area (Å²) in [5.41, 5.74) is 5.90. The van der Waals surface area contributed by atoms with Gasteiger partial charge in [-0.15, -0.1) is 23.5 Å². The van der Waals surface area contributed by atoms with Crippen molar-refractivity contribution in [3.05, 3.63) is 0 Å². The Morgan fingerprint density at radius 3 is 2.55 bits per heavy atom. The Balaban J connectivity index is 2.34. The lowest BCUT2D eigenvalue weighted by molar-refractivity contribution is 0.672. The lowest BCUT2D eigenvalue weighted by Gasteiger charge is -2.16. The summed E-state index contributed by atoms with van der Waals surface area (Å²) in [4.78, 5) is 0. The van der Waals surface area contributed by atoms with Gasteiger partial charge in [0, 0.05) is 5.25 Å². The topological polar surface area (TPSA) is 38.0 Å². The lowest BCUT2D eigenvalue weighted by atomic mass is 10.6. The Hall–Kier alpha value is 0.620. The van der Waals surface area contributed by atoms with Gasteiger partial charge in [0.1, 0.15) is 0 Å². The fourth-order valence-corrected chi connectivity index (χ4v) is 3.50. The summed E-state index contributed by atoms with van der Waals surface area (Å²) in [5, 5.41) is 5.31. The van der Waals surface area contributed by atoms with Gasteiger partial charge in [0.2, 0.25) is 0 Å². The summed E-state index contributed by atoms with van der Waals surface area (Å²) < 4.78 is 0. The van der Waals surface area contributed by atoms with Crippen molar-refractivity contribution in [3.8, 4) is 0 Å². The van der Waals surface area contributed by atoms with Crippen LogP contribution < -0.4 is 11.1 Å². The quantitative estimate of drug-likeness (QED) is 0.694. The van der Waals surface area contributed by atoms with E-state index in [4.69, 9.17) is 5.73 Å². The average molecular weight is 192 g/mol. The summed E-state index contributed by atoms with van der Waals surface area (Å²) in [6, 6.07) is 0. The van der Waals surface area contributed by atoms with Crippen LogP contribution >= 0.6 is 23.5 Å². The maximum atomic E-state index is 5.90. The molecule has 0 spiro atoms. The van der Waals surface area contributed by atoms with E-state index in [9.17, 15) is 0 Å². The Kier molecular flexibility index (Phi) is 3.55. The zero-order valence-corrected chi connectivity index (χ0v) is 8.84. The van der Waals surface area contributed by atoms with Gasteiger partial charge in [-0.2, -0.15) is 0 Å². The number of hydrogen-bond donors (Lipinski definition) is 2. The van der Waals surface area contributed by atoms with Crippen LogP contribution in [0.3, 0.4) is 0 Å². The highest BCUT2D eigenvalue weighted by atomic mass is 32.2. The maximum absolute atomic E-state index is 5.90. The summed E-state index contributed by atoms with van der Waals surface area (Å²) in [7, 11) is 0. The molecule has 0 aliphatic carbocycles. The van der Waals surface area contributed by atoms with Crippen LogP contribution in [0, 0.1) is 0 Å². The molecule has 0 aromatic heterocycles.